The zero-order valence-electron chi connectivity index (χ0n) is 21.3. The molecule has 0 aliphatic carbocycles. The van der Waals surface area contributed by atoms with Crippen molar-refractivity contribution in [1.82, 2.24) is 20.3 Å². The van der Waals surface area contributed by atoms with Gasteiger partial charge in [-0.05, 0) is 36.8 Å². The molecule has 0 radical (unpaired) electrons. The number of rotatable bonds is 15. The van der Waals surface area contributed by atoms with Gasteiger partial charge in [0.15, 0.2) is 5.78 Å². The van der Waals surface area contributed by atoms with Gasteiger partial charge in [-0.25, -0.2) is 4.79 Å². The number of nitrogen functional groups attached to an aromatic ring is 1. The molecule has 2 heterocycles. The number of nitrogens with two attached hydrogens (primary N) is 1. The van der Waals surface area contributed by atoms with E-state index in [2.05, 4.69) is 20.3 Å². The Kier molecular flexibility index (Phi) is 9.73. The predicted molar refractivity (Wildman–Crippen MR) is 141 cm³/mol. The first-order valence-corrected chi connectivity index (χ1v) is 12.4. The summed E-state index contributed by atoms with van der Waals surface area (Å²) in [6.07, 6.45) is 1.06. The van der Waals surface area contributed by atoms with Crippen LogP contribution < -0.4 is 16.6 Å². The molecule has 8 N–H and O–H groups in total. The molecule has 0 aliphatic heterocycles. The van der Waals surface area contributed by atoms with Crippen molar-refractivity contribution in [2.75, 3.05) is 5.73 Å². The molecule has 2 aromatic heterocycles. The van der Waals surface area contributed by atoms with Gasteiger partial charge in [0.25, 0.3) is 5.56 Å². The Morgan fingerprint density at radius 1 is 0.950 bits per heavy atom. The predicted octanol–water partition coefficient (Wildman–Crippen LogP) is 1.11. The third-order valence-electron chi connectivity index (χ3n) is 6.38. The highest BCUT2D eigenvalue weighted by Gasteiger charge is 2.25. The first kappa shape index (κ1) is 29.5. The minimum atomic E-state index is -1.42. The van der Waals surface area contributed by atoms with Gasteiger partial charge in [0.05, 0.1) is 11.3 Å². The van der Waals surface area contributed by atoms with Crippen LogP contribution in [0.3, 0.4) is 0 Å². The number of amides is 1. The van der Waals surface area contributed by atoms with Crippen LogP contribution in [0.15, 0.2) is 35.3 Å². The summed E-state index contributed by atoms with van der Waals surface area (Å²) >= 11 is 0. The number of aromatic amines is 2. The number of carboxylic acids is 3. The van der Waals surface area contributed by atoms with Gasteiger partial charge >= 0.3 is 17.9 Å². The van der Waals surface area contributed by atoms with E-state index in [0.29, 0.717) is 29.4 Å². The van der Waals surface area contributed by atoms with Gasteiger partial charge in [0, 0.05) is 31.0 Å². The van der Waals surface area contributed by atoms with Gasteiger partial charge in [-0.3, -0.25) is 29.0 Å². The van der Waals surface area contributed by atoms with E-state index in [4.69, 9.17) is 15.9 Å². The molecule has 0 spiro atoms. The smallest absolute Gasteiger partial charge is 0.326 e. The van der Waals surface area contributed by atoms with Crippen LogP contribution in [0.1, 0.15) is 53.6 Å². The summed E-state index contributed by atoms with van der Waals surface area (Å²) in [4.78, 5) is 80.1. The number of ketones is 1. The van der Waals surface area contributed by atoms with Crippen molar-refractivity contribution in [2.24, 2.45) is 5.92 Å². The number of anilines is 1. The fourth-order valence-electron chi connectivity index (χ4n) is 4.21. The minimum Gasteiger partial charge on any atom is -0.481 e. The highest BCUT2D eigenvalue weighted by molar-refractivity contribution is 5.98. The second-order valence-corrected chi connectivity index (χ2v) is 9.28. The van der Waals surface area contributed by atoms with Gasteiger partial charge in [0.2, 0.25) is 11.9 Å². The number of H-pyrrole nitrogens is 2. The molecule has 14 nitrogen and oxygen atoms in total. The number of benzene rings is 1. The SMILES string of the molecule is Nc1nc2[nH]cc(CCc3ccc(C(=O)C[C@@H](CCC(=O)N[C@@H](CCC(=O)O)C(=O)O)C(=O)O)cc3)c2c(=O)[nH]1. The number of aliphatic carboxylic acids is 3. The molecule has 0 bridgehead atoms. The number of nitrogens with one attached hydrogen (secondary N) is 3. The number of carbonyl (C=O) groups excluding carboxylic acids is 2. The molecule has 14 heteroatoms. The number of carbonyl (C=O) groups is 5. The van der Waals surface area contributed by atoms with Gasteiger partial charge in [0.1, 0.15) is 11.7 Å². The molecule has 0 unspecified atom stereocenters. The Morgan fingerprint density at radius 3 is 2.27 bits per heavy atom. The molecule has 2 atom stereocenters. The topological polar surface area (TPSA) is 246 Å². The van der Waals surface area contributed by atoms with Crippen LogP contribution in [0.4, 0.5) is 5.95 Å². The summed E-state index contributed by atoms with van der Waals surface area (Å²) in [5.41, 5.74) is 7.54. The number of Topliss-reactive ketones (excluding diaryl/α,β-unsaturated/α-hetero) is 1. The standard InChI is InChI=1S/C26H29N5O9/c27-26-30-22-21(23(36)31-26)16(12-28-22)6-3-13-1-4-14(5-2-13)18(32)11-15(24(37)38)7-9-19(33)29-17(25(39)40)8-10-20(34)35/h1-2,4-5,12,15,17H,3,6-11H2,(H,29,33)(H,34,35)(H,37,38)(H,39,40)(H4,27,28,30,31,36)/t15-,17+/m1/s1. The van der Waals surface area contributed by atoms with Gasteiger partial charge in [-0.2, -0.15) is 4.98 Å². The van der Waals surface area contributed by atoms with Gasteiger partial charge < -0.3 is 31.4 Å². The molecule has 212 valence electrons. The molecule has 0 fully saturated rings. The van der Waals surface area contributed by atoms with Crippen molar-refractivity contribution in [1.29, 1.82) is 0 Å². The van der Waals surface area contributed by atoms with Crippen molar-refractivity contribution >= 4 is 46.6 Å². The number of fused-ring (bicyclic) bond motifs is 1. The molecule has 0 aliphatic rings. The Hall–Kier alpha value is -5.01. The average molecular weight is 556 g/mol. The first-order chi connectivity index (χ1) is 18.9. The van der Waals surface area contributed by atoms with E-state index in [1.165, 1.54) is 0 Å². The fourth-order valence-corrected chi connectivity index (χ4v) is 4.21. The lowest BCUT2D eigenvalue weighted by atomic mass is 9.93. The Labute approximate surface area is 226 Å². The van der Waals surface area contributed by atoms with E-state index in [1.54, 1.807) is 30.5 Å². The maximum Gasteiger partial charge on any atom is 0.326 e. The molecule has 0 saturated carbocycles. The Morgan fingerprint density at radius 2 is 1.65 bits per heavy atom. The van der Waals surface area contributed by atoms with Crippen molar-refractivity contribution < 1.29 is 39.3 Å². The molecular formula is C26H29N5O9. The minimum absolute atomic E-state index is 0.0133. The van der Waals surface area contributed by atoms with E-state index >= 15 is 0 Å². The van der Waals surface area contributed by atoms with Crippen molar-refractivity contribution in [3.63, 3.8) is 0 Å². The Bertz CT molecular complexity index is 1480. The maximum atomic E-state index is 12.7. The Balaban J connectivity index is 1.54. The monoisotopic (exact) mass is 555 g/mol. The van der Waals surface area contributed by atoms with Crippen LogP contribution in [0.25, 0.3) is 11.0 Å². The van der Waals surface area contributed by atoms with E-state index in [1.807, 2.05) is 0 Å². The molecule has 3 rings (SSSR count). The second-order valence-electron chi connectivity index (χ2n) is 9.28. The van der Waals surface area contributed by atoms with Crippen LogP contribution in [0.2, 0.25) is 0 Å². The zero-order valence-corrected chi connectivity index (χ0v) is 21.3. The van der Waals surface area contributed by atoms with Crippen molar-refractivity contribution in [2.45, 2.75) is 51.0 Å². The second kappa shape index (κ2) is 13.2. The largest absolute Gasteiger partial charge is 0.481 e. The molecule has 40 heavy (non-hydrogen) atoms. The summed E-state index contributed by atoms with van der Waals surface area (Å²) in [6.45, 7) is 0. The number of hydrogen-bond donors (Lipinski definition) is 7. The number of aryl methyl sites for hydroxylation is 2. The zero-order chi connectivity index (χ0) is 29.4. The average Bonchev–Trinajstić information content (AvgIpc) is 3.30. The molecule has 1 amide bonds. The van der Waals surface area contributed by atoms with Gasteiger partial charge in [-0.1, -0.05) is 24.3 Å². The van der Waals surface area contributed by atoms with Crippen molar-refractivity contribution in [3.05, 3.63) is 57.5 Å². The molecule has 1 aromatic carbocycles. The number of hydrogen-bond acceptors (Lipinski definition) is 8. The number of aromatic nitrogens is 3. The highest BCUT2D eigenvalue weighted by atomic mass is 16.4. The van der Waals surface area contributed by atoms with E-state index in [-0.39, 0.29) is 37.2 Å². The summed E-state index contributed by atoms with van der Waals surface area (Å²) in [6, 6.07) is 5.20. The molecule has 0 saturated heterocycles. The van der Waals surface area contributed by atoms with E-state index in [9.17, 15) is 33.9 Å². The van der Waals surface area contributed by atoms with E-state index in [0.717, 1.165) is 11.1 Å². The highest BCUT2D eigenvalue weighted by Crippen LogP contribution is 2.19. The lowest BCUT2D eigenvalue weighted by molar-refractivity contribution is -0.144. The fraction of sp³-hybridized carbons (Fsp3) is 0.346. The third kappa shape index (κ3) is 7.99. The number of carboxylic acid groups (broad SMARTS) is 3. The van der Waals surface area contributed by atoms with E-state index < -0.39 is 48.0 Å². The third-order valence-corrected chi connectivity index (χ3v) is 6.38. The lowest BCUT2D eigenvalue weighted by Gasteiger charge is -2.15. The lowest BCUT2D eigenvalue weighted by Crippen LogP contribution is -2.41. The summed E-state index contributed by atoms with van der Waals surface area (Å²) in [5, 5.41) is 30.0. The van der Waals surface area contributed by atoms with Crippen LogP contribution in [-0.2, 0) is 32.0 Å². The van der Waals surface area contributed by atoms with Crippen molar-refractivity contribution in [3.8, 4) is 0 Å². The summed E-state index contributed by atoms with van der Waals surface area (Å²) in [7, 11) is 0. The number of nitrogens with zero attached hydrogens (tertiary/aromatic N) is 1. The van der Waals surface area contributed by atoms with Crippen LogP contribution >= 0.6 is 0 Å². The first-order valence-electron chi connectivity index (χ1n) is 12.4. The molecule has 3 aromatic rings. The quantitative estimate of drug-likeness (QED) is 0.131. The summed E-state index contributed by atoms with van der Waals surface area (Å²) < 4.78 is 0. The van der Waals surface area contributed by atoms with Gasteiger partial charge in [-0.15, -0.1) is 0 Å². The van der Waals surface area contributed by atoms with Crippen LogP contribution in [0.5, 0.6) is 0 Å². The summed E-state index contributed by atoms with van der Waals surface area (Å²) in [5.74, 6) is -6.24. The maximum absolute atomic E-state index is 12.7. The van der Waals surface area contributed by atoms with Crippen LogP contribution in [0, 0.1) is 5.92 Å². The normalized spacial score (nSPS) is 12.5. The van der Waals surface area contributed by atoms with Crippen LogP contribution in [-0.4, -0.2) is 65.9 Å². The molecular weight excluding hydrogens is 526 g/mol.